The molecule has 0 unspecified atom stereocenters. The quantitative estimate of drug-likeness (QED) is 0.330. The number of hydrogen-bond donors (Lipinski definition) is 0. The third-order valence-electron chi connectivity index (χ3n) is 8.31. The van der Waals surface area contributed by atoms with Gasteiger partial charge in [0, 0.05) is 0 Å². The third-order valence-corrected chi connectivity index (χ3v) is 21.8. The molecule has 0 fully saturated rings. The van der Waals surface area contributed by atoms with Crippen molar-refractivity contribution in [1.29, 1.82) is 0 Å². The van der Waals surface area contributed by atoms with Crippen molar-refractivity contribution in [3.8, 4) is 0 Å². The summed E-state index contributed by atoms with van der Waals surface area (Å²) in [7, 11) is -5.96. The van der Waals surface area contributed by atoms with Crippen molar-refractivity contribution in [3.63, 3.8) is 0 Å². The molecule has 0 aromatic heterocycles. The summed E-state index contributed by atoms with van der Waals surface area (Å²) in [5.41, 5.74) is 0. The molecule has 0 radical (unpaired) electrons. The first kappa shape index (κ1) is 30.1. The monoisotopic (exact) mass is 502 g/mol. The predicted molar refractivity (Wildman–Crippen MR) is 146 cm³/mol. The molecule has 1 rings (SSSR count). The summed E-state index contributed by atoms with van der Waals surface area (Å²) in [6.45, 7) is 37.0. The lowest BCUT2D eigenvalue weighted by molar-refractivity contribution is -0.0779. The van der Waals surface area contributed by atoms with E-state index in [4.69, 9.17) is 18.0 Å². The lowest BCUT2D eigenvalue weighted by Gasteiger charge is -2.48. The van der Waals surface area contributed by atoms with Crippen LogP contribution in [0.1, 0.15) is 69.2 Å². The van der Waals surface area contributed by atoms with E-state index >= 15 is 0 Å². The van der Waals surface area contributed by atoms with Crippen molar-refractivity contribution in [2.75, 3.05) is 6.61 Å². The first-order valence-corrected chi connectivity index (χ1v) is 21.0. The van der Waals surface area contributed by atoms with Crippen LogP contribution < -0.4 is 0 Å². The SMILES string of the molecule is CC1=C[C@@H](O[Si](C)(C)C(C)(C)C)[C@H](O[Si](C)(C)C(C)(C)C)[C@@H](CO[Si](C)(C)C(C)(C)C)O1. The summed E-state index contributed by atoms with van der Waals surface area (Å²) < 4.78 is 27.0. The summed E-state index contributed by atoms with van der Waals surface area (Å²) in [6.07, 6.45) is 1.68. The molecular formula is C25H54O4Si3. The molecule has 1 aliphatic heterocycles. The standard InChI is InChI=1S/C25H54O4Si3/c1-19-17-20(28-31(13,14)24(5,6)7)22(29-32(15,16)25(8,9)10)21(27-19)18-26-30(11,12)23(2,3)4/h17,20-22H,18H2,1-16H3/t20-,21-,22+/m1/s1. The highest BCUT2D eigenvalue weighted by Crippen LogP contribution is 2.43. The Labute approximate surface area is 203 Å². The lowest BCUT2D eigenvalue weighted by Crippen LogP contribution is -2.58. The number of hydrogen-bond acceptors (Lipinski definition) is 4. The van der Waals surface area contributed by atoms with Gasteiger partial charge in [-0.3, -0.25) is 0 Å². The topological polar surface area (TPSA) is 36.9 Å². The molecule has 0 bridgehead atoms. The molecule has 0 aliphatic carbocycles. The fourth-order valence-corrected chi connectivity index (χ4v) is 6.37. The Balaban J connectivity index is 3.33. The molecule has 4 nitrogen and oxygen atoms in total. The predicted octanol–water partition coefficient (Wildman–Crippen LogP) is 8.09. The summed E-state index contributed by atoms with van der Waals surface area (Å²) in [6, 6.07) is 0. The molecule has 1 aliphatic rings. The fraction of sp³-hybridized carbons (Fsp3) is 0.920. The van der Waals surface area contributed by atoms with E-state index in [-0.39, 0.29) is 33.4 Å². The van der Waals surface area contributed by atoms with Crippen molar-refractivity contribution in [3.05, 3.63) is 11.8 Å². The van der Waals surface area contributed by atoms with Crippen LogP contribution in [0.15, 0.2) is 11.8 Å². The summed E-state index contributed by atoms with van der Waals surface area (Å²) in [5, 5.41) is 0.386. The second-order valence-corrected chi connectivity index (χ2v) is 28.5. The highest BCUT2D eigenvalue weighted by Gasteiger charge is 2.49. The van der Waals surface area contributed by atoms with E-state index in [1.807, 2.05) is 6.92 Å². The molecule has 32 heavy (non-hydrogen) atoms. The van der Waals surface area contributed by atoms with Gasteiger partial charge in [-0.05, 0) is 67.4 Å². The molecule has 1 heterocycles. The zero-order valence-corrected chi connectivity index (χ0v) is 27.1. The van der Waals surface area contributed by atoms with Gasteiger partial charge in [0.05, 0.1) is 18.5 Å². The average Bonchev–Trinajstić information content (AvgIpc) is 2.52. The van der Waals surface area contributed by atoms with Crippen LogP contribution in [0, 0.1) is 0 Å². The van der Waals surface area contributed by atoms with Crippen LogP contribution >= 0.6 is 0 Å². The number of ether oxygens (including phenoxy) is 1. The molecule has 0 saturated carbocycles. The van der Waals surface area contributed by atoms with Gasteiger partial charge in [0.15, 0.2) is 25.0 Å². The molecule has 190 valence electrons. The van der Waals surface area contributed by atoms with E-state index in [0.29, 0.717) is 6.61 Å². The highest BCUT2D eigenvalue weighted by atomic mass is 28.4. The number of rotatable bonds is 7. The Morgan fingerprint density at radius 3 is 1.53 bits per heavy atom. The van der Waals surface area contributed by atoms with E-state index in [2.05, 4.69) is 108 Å². The number of allylic oxidation sites excluding steroid dienone is 1. The molecular weight excluding hydrogens is 449 g/mol. The lowest BCUT2D eigenvalue weighted by atomic mass is 10.1. The van der Waals surface area contributed by atoms with Gasteiger partial charge < -0.3 is 18.0 Å². The van der Waals surface area contributed by atoms with Crippen LogP contribution in [0.4, 0.5) is 0 Å². The summed E-state index contributed by atoms with van der Waals surface area (Å²) >= 11 is 0. The molecule has 0 spiro atoms. The van der Waals surface area contributed by atoms with Gasteiger partial charge in [-0.15, -0.1) is 0 Å². The minimum Gasteiger partial charge on any atom is -0.490 e. The van der Waals surface area contributed by atoms with Gasteiger partial charge in [-0.1, -0.05) is 62.3 Å². The Kier molecular flexibility index (Phi) is 9.04. The Morgan fingerprint density at radius 1 is 0.719 bits per heavy atom. The van der Waals surface area contributed by atoms with Crippen LogP contribution in [0.25, 0.3) is 0 Å². The molecule has 0 aromatic rings. The highest BCUT2D eigenvalue weighted by molar-refractivity contribution is 6.75. The van der Waals surface area contributed by atoms with Crippen molar-refractivity contribution in [1.82, 2.24) is 0 Å². The van der Waals surface area contributed by atoms with Crippen LogP contribution in [0.2, 0.25) is 54.4 Å². The maximum Gasteiger partial charge on any atom is 0.193 e. The fourth-order valence-electron chi connectivity index (χ4n) is 2.80. The molecule has 0 N–H and O–H groups in total. The van der Waals surface area contributed by atoms with E-state index in [9.17, 15) is 0 Å². The zero-order valence-electron chi connectivity index (χ0n) is 24.1. The maximum atomic E-state index is 7.03. The Morgan fingerprint density at radius 2 is 1.12 bits per heavy atom. The minimum absolute atomic E-state index is 0.107. The average molecular weight is 503 g/mol. The first-order chi connectivity index (χ1) is 13.9. The van der Waals surface area contributed by atoms with E-state index in [1.165, 1.54) is 0 Å². The first-order valence-electron chi connectivity index (χ1n) is 12.3. The van der Waals surface area contributed by atoms with Crippen molar-refractivity contribution in [2.45, 2.75) is 142 Å². The third kappa shape index (κ3) is 7.28. The van der Waals surface area contributed by atoms with Crippen molar-refractivity contribution in [2.24, 2.45) is 0 Å². The van der Waals surface area contributed by atoms with E-state index < -0.39 is 25.0 Å². The maximum absolute atomic E-state index is 7.03. The van der Waals surface area contributed by atoms with Crippen molar-refractivity contribution < 1.29 is 18.0 Å². The normalized spacial score (nSPS) is 24.2. The smallest absolute Gasteiger partial charge is 0.193 e. The second-order valence-electron chi connectivity index (χ2n) is 14.2. The van der Waals surface area contributed by atoms with Gasteiger partial charge in [0.2, 0.25) is 0 Å². The summed E-state index contributed by atoms with van der Waals surface area (Å²) in [5.74, 6) is 0.910. The zero-order chi connectivity index (χ0) is 25.6. The van der Waals surface area contributed by atoms with Crippen LogP contribution in [-0.4, -0.2) is 49.9 Å². The molecule has 7 heteroatoms. The van der Waals surface area contributed by atoms with Crippen LogP contribution in [0.5, 0.6) is 0 Å². The molecule has 3 atom stereocenters. The van der Waals surface area contributed by atoms with Gasteiger partial charge >= 0.3 is 0 Å². The summed E-state index contributed by atoms with van der Waals surface area (Å²) in [4.78, 5) is 0. The Bertz CT molecular complexity index is 664. The van der Waals surface area contributed by atoms with Gasteiger partial charge in [-0.2, -0.15) is 0 Å². The molecule has 0 aromatic carbocycles. The Hall–Kier alpha value is 0.0706. The van der Waals surface area contributed by atoms with Gasteiger partial charge in [-0.25, -0.2) is 0 Å². The van der Waals surface area contributed by atoms with Crippen molar-refractivity contribution >= 4 is 25.0 Å². The minimum atomic E-state index is -2.05. The second kappa shape index (κ2) is 9.61. The molecule has 0 amide bonds. The van der Waals surface area contributed by atoms with Crippen LogP contribution in [0.3, 0.4) is 0 Å². The van der Waals surface area contributed by atoms with E-state index in [0.717, 1.165) is 5.76 Å². The largest absolute Gasteiger partial charge is 0.490 e. The van der Waals surface area contributed by atoms with Crippen LogP contribution in [-0.2, 0) is 18.0 Å². The molecule has 0 saturated heterocycles. The van der Waals surface area contributed by atoms with E-state index in [1.54, 1.807) is 0 Å². The van der Waals surface area contributed by atoms with Gasteiger partial charge in [0.1, 0.15) is 12.2 Å². The van der Waals surface area contributed by atoms with Gasteiger partial charge in [0.25, 0.3) is 0 Å².